The van der Waals surface area contributed by atoms with E-state index in [1.54, 1.807) is 0 Å². The Morgan fingerprint density at radius 3 is 2.63 bits per heavy atom. The van der Waals surface area contributed by atoms with Crippen molar-refractivity contribution < 1.29 is 4.79 Å². The van der Waals surface area contributed by atoms with E-state index in [9.17, 15) is 4.79 Å². The van der Waals surface area contributed by atoms with Crippen LogP contribution in [0.1, 0.15) is 38.3 Å². The van der Waals surface area contributed by atoms with E-state index in [0.717, 1.165) is 19.4 Å². The summed E-state index contributed by atoms with van der Waals surface area (Å²) in [4.78, 5) is 14.5. The average Bonchev–Trinajstić information content (AvgIpc) is 2.45. The quantitative estimate of drug-likeness (QED) is 0.905. The molecule has 1 heterocycles. The molecule has 0 aliphatic carbocycles. The molecular weight excluding hydrogens is 236 g/mol. The molecule has 1 unspecified atom stereocenters. The maximum absolute atomic E-state index is 12.6. The highest BCUT2D eigenvalue weighted by Crippen LogP contribution is 2.21. The second kappa shape index (κ2) is 5.33. The molecule has 1 aliphatic heterocycles. The molecule has 3 nitrogen and oxygen atoms in total. The van der Waals surface area contributed by atoms with Gasteiger partial charge in [-0.15, -0.1) is 0 Å². The van der Waals surface area contributed by atoms with Crippen LogP contribution in [0.5, 0.6) is 0 Å². The predicted octanol–water partition coefficient (Wildman–Crippen LogP) is 2.35. The van der Waals surface area contributed by atoms with Gasteiger partial charge in [0, 0.05) is 19.1 Å². The molecule has 1 atom stereocenters. The van der Waals surface area contributed by atoms with Gasteiger partial charge in [-0.3, -0.25) is 4.79 Å². The average molecular weight is 260 g/mol. The van der Waals surface area contributed by atoms with Gasteiger partial charge >= 0.3 is 0 Å². The van der Waals surface area contributed by atoms with E-state index in [2.05, 4.69) is 44.3 Å². The highest BCUT2D eigenvalue weighted by atomic mass is 16.2. The van der Waals surface area contributed by atoms with Gasteiger partial charge in [-0.05, 0) is 37.8 Å². The van der Waals surface area contributed by atoms with Gasteiger partial charge in [-0.2, -0.15) is 0 Å². The van der Waals surface area contributed by atoms with Crippen molar-refractivity contribution in [2.24, 2.45) is 0 Å². The summed E-state index contributed by atoms with van der Waals surface area (Å²) in [6.07, 6.45) is 1.75. The van der Waals surface area contributed by atoms with E-state index >= 15 is 0 Å². The molecule has 0 bridgehead atoms. The van der Waals surface area contributed by atoms with Crippen LogP contribution in [0, 0.1) is 0 Å². The van der Waals surface area contributed by atoms with Crippen molar-refractivity contribution in [2.75, 3.05) is 7.05 Å². The molecule has 1 N–H and O–H groups in total. The van der Waals surface area contributed by atoms with E-state index in [-0.39, 0.29) is 17.5 Å². The lowest BCUT2D eigenvalue weighted by molar-refractivity contribution is -0.137. The molecule has 0 fully saturated rings. The van der Waals surface area contributed by atoms with Crippen molar-refractivity contribution in [3.8, 4) is 0 Å². The monoisotopic (exact) mass is 260 g/mol. The molecule has 1 aromatic rings. The molecule has 19 heavy (non-hydrogen) atoms. The van der Waals surface area contributed by atoms with Crippen LogP contribution in [-0.2, 0) is 17.8 Å². The van der Waals surface area contributed by atoms with Crippen molar-refractivity contribution in [3.63, 3.8) is 0 Å². The molecule has 0 aromatic heterocycles. The second-order valence-corrected chi connectivity index (χ2v) is 5.97. The lowest BCUT2D eigenvalue weighted by Crippen LogP contribution is -2.54. The smallest absolute Gasteiger partial charge is 0.240 e. The lowest BCUT2D eigenvalue weighted by atomic mass is 9.93. The SMILES string of the molecule is CCC(C)(C)N(C)C(=O)C1Cc2ccccc2CN1. The summed E-state index contributed by atoms with van der Waals surface area (Å²) in [7, 11) is 1.91. The number of rotatable bonds is 3. The third-order valence-electron chi connectivity index (χ3n) is 4.48. The van der Waals surface area contributed by atoms with E-state index in [1.807, 2.05) is 18.0 Å². The summed E-state index contributed by atoms with van der Waals surface area (Å²) in [5, 5.41) is 3.36. The minimum Gasteiger partial charge on any atom is -0.339 e. The van der Waals surface area contributed by atoms with Crippen LogP contribution >= 0.6 is 0 Å². The molecule has 0 radical (unpaired) electrons. The number of likely N-dealkylation sites (N-methyl/N-ethyl adjacent to an activating group) is 1. The van der Waals surface area contributed by atoms with Crippen LogP contribution in [0.15, 0.2) is 24.3 Å². The third kappa shape index (κ3) is 2.81. The van der Waals surface area contributed by atoms with Crippen LogP contribution in [0.2, 0.25) is 0 Å². The van der Waals surface area contributed by atoms with E-state index < -0.39 is 0 Å². The molecule has 0 spiro atoms. The first-order valence-corrected chi connectivity index (χ1v) is 7.03. The third-order valence-corrected chi connectivity index (χ3v) is 4.48. The Bertz CT molecular complexity index is 468. The van der Waals surface area contributed by atoms with Crippen molar-refractivity contribution in [1.29, 1.82) is 0 Å². The minimum absolute atomic E-state index is 0.0876. The number of benzene rings is 1. The van der Waals surface area contributed by atoms with Gasteiger partial charge in [-0.1, -0.05) is 31.2 Å². The van der Waals surface area contributed by atoms with E-state index in [4.69, 9.17) is 0 Å². The standard InChI is InChI=1S/C16H24N2O/c1-5-16(2,3)18(4)15(19)14-10-12-8-6-7-9-13(12)11-17-14/h6-9,14,17H,5,10-11H2,1-4H3. The van der Waals surface area contributed by atoms with Gasteiger partial charge in [0.2, 0.25) is 5.91 Å². The summed E-state index contributed by atoms with van der Waals surface area (Å²) in [5.74, 6) is 0.196. The zero-order valence-electron chi connectivity index (χ0n) is 12.4. The maximum Gasteiger partial charge on any atom is 0.240 e. The number of amides is 1. The molecule has 0 saturated carbocycles. The highest BCUT2D eigenvalue weighted by molar-refractivity contribution is 5.83. The Balaban J connectivity index is 2.11. The topological polar surface area (TPSA) is 32.3 Å². The number of hydrogen-bond acceptors (Lipinski definition) is 2. The zero-order valence-corrected chi connectivity index (χ0v) is 12.4. The van der Waals surface area contributed by atoms with Gasteiger partial charge in [0.05, 0.1) is 6.04 Å². The Hall–Kier alpha value is -1.35. The zero-order chi connectivity index (χ0) is 14.0. The molecular formula is C16H24N2O. The van der Waals surface area contributed by atoms with Gasteiger partial charge in [0.1, 0.15) is 0 Å². The predicted molar refractivity (Wildman–Crippen MR) is 77.9 cm³/mol. The molecule has 2 rings (SSSR count). The number of nitrogens with one attached hydrogen (secondary N) is 1. The molecule has 1 aliphatic rings. The second-order valence-electron chi connectivity index (χ2n) is 5.97. The first-order valence-electron chi connectivity index (χ1n) is 7.03. The summed E-state index contributed by atoms with van der Waals surface area (Å²) in [6.45, 7) is 7.13. The first kappa shape index (κ1) is 14.1. The number of carbonyl (C=O) groups is 1. The summed E-state index contributed by atoms with van der Waals surface area (Å²) < 4.78 is 0. The number of hydrogen-bond donors (Lipinski definition) is 1. The van der Waals surface area contributed by atoms with Crippen LogP contribution in [0.25, 0.3) is 0 Å². The first-order chi connectivity index (χ1) is 8.95. The largest absolute Gasteiger partial charge is 0.339 e. The van der Waals surface area contributed by atoms with Crippen LogP contribution in [-0.4, -0.2) is 29.4 Å². The molecule has 0 saturated heterocycles. The molecule has 3 heteroatoms. The van der Waals surface area contributed by atoms with Crippen molar-refractivity contribution in [2.45, 2.75) is 51.7 Å². The van der Waals surface area contributed by atoms with Crippen molar-refractivity contribution in [1.82, 2.24) is 10.2 Å². The summed E-state index contributed by atoms with van der Waals surface area (Å²) in [6, 6.07) is 8.26. The maximum atomic E-state index is 12.6. The van der Waals surface area contributed by atoms with Gasteiger partial charge in [-0.25, -0.2) is 0 Å². The Morgan fingerprint density at radius 1 is 1.37 bits per heavy atom. The number of fused-ring (bicyclic) bond motifs is 1. The fourth-order valence-electron chi connectivity index (χ4n) is 2.40. The number of carbonyl (C=O) groups excluding carboxylic acids is 1. The highest BCUT2D eigenvalue weighted by Gasteiger charge is 2.32. The fourth-order valence-corrected chi connectivity index (χ4v) is 2.40. The Kier molecular flexibility index (Phi) is 3.95. The van der Waals surface area contributed by atoms with Crippen molar-refractivity contribution >= 4 is 5.91 Å². The lowest BCUT2D eigenvalue weighted by Gasteiger charge is -2.38. The molecule has 1 amide bonds. The normalized spacial score (nSPS) is 18.8. The minimum atomic E-state index is -0.0919. The van der Waals surface area contributed by atoms with E-state index in [1.165, 1.54) is 11.1 Å². The van der Waals surface area contributed by atoms with E-state index in [0.29, 0.717) is 0 Å². The fraction of sp³-hybridized carbons (Fsp3) is 0.562. The Morgan fingerprint density at radius 2 is 2.00 bits per heavy atom. The van der Waals surface area contributed by atoms with Gasteiger partial charge < -0.3 is 10.2 Å². The van der Waals surface area contributed by atoms with Crippen LogP contribution < -0.4 is 5.32 Å². The van der Waals surface area contributed by atoms with Crippen LogP contribution in [0.3, 0.4) is 0 Å². The Labute approximate surface area is 116 Å². The summed E-state index contributed by atoms with van der Waals surface area (Å²) in [5.41, 5.74) is 2.52. The summed E-state index contributed by atoms with van der Waals surface area (Å²) >= 11 is 0. The van der Waals surface area contributed by atoms with Crippen LogP contribution in [0.4, 0.5) is 0 Å². The number of nitrogens with zero attached hydrogens (tertiary/aromatic N) is 1. The van der Waals surface area contributed by atoms with Crippen molar-refractivity contribution in [3.05, 3.63) is 35.4 Å². The van der Waals surface area contributed by atoms with Gasteiger partial charge in [0.25, 0.3) is 0 Å². The molecule has 104 valence electrons. The molecule has 1 aromatic carbocycles. The van der Waals surface area contributed by atoms with Gasteiger partial charge in [0.15, 0.2) is 0 Å².